The lowest BCUT2D eigenvalue weighted by molar-refractivity contribution is -0.157. The van der Waals surface area contributed by atoms with E-state index in [2.05, 4.69) is 10.2 Å². The maximum absolute atomic E-state index is 12.8. The molecule has 1 saturated carbocycles. The molecule has 4 heteroatoms. The number of carbonyl (C=O) groups is 1. The fourth-order valence-electron chi connectivity index (χ4n) is 4.02. The van der Waals surface area contributed by atoms with Crippen molar-refractivity contribution in [1.82, 2.24) is 10.2 Å². The van der Waals surface area contributed by atoms with Crippen molar-refractivity contribution in [3.63, 3.8) is 0 Å². The summed E-state index contributed by atoms with van der Waals surface area (Å²) in [5.41, 5.74) is -0.538. The molecular weight excluding hydrogens is 228 g/mol. The molecule has 2 unspecified atom stereocenters. The first-order chi connectivity index (χ1) is 8.75. The molecule has 1 amide bonds. The van der Waals surface area contributed by atoms with Gasteiger partial charge in [-0.05, 0) is 50.6 Å². The van der Waals surface area contributed by atoms with E-state index in [-0.39, 0.29) is 5.91 Å². The minimum Gasteiger partial charge on any atom is -0.368 e. The summed E-state index contributed by atoms with van der Waals surface area (Å²) in [4.78, 5) is 14.8. The smallest absolute Gasteiger partial charge is 0.254 e. The monoisotopic (exact) mass is 252 g/mol. The highest BCUT2D eigenvalue weighted by molar-refractivity contribution is 5.85. The Bertz CT molecular complexity index is 314. The van der Waals surface area contributed by atoms with Crippen LogP contribution in [0.15, 0.2) is 0 Å². The Morgan fingerprint density at radius 2 is 1.83 bits per heavy atom. The fraction of sp³-hybridized carbons (Fsp3) is 0.929. The normalized spacial score (nSPS) is 34.6. The standard InChI is InChI=1S/C14H24N2O2/c1-18-14(5-7-15-8-6-14)13(17)16-9-11-3-2-4-12(11)10-16/h11-12,15H,2-10H2,1H3. The number of hydrogen-bond acceptors (Lipinski definition) is 3. The van der Waals surface area contributed by atoms with Crippen LogP contribution in [0, 0.1) is 11.8 Å². The number of amides is 1. The van der Waals surface area contributed by atoms with Gasteiger partial charge in [0, 0.05) is 20.2 Å². The molecule has 1 aliphatic carbocycles. The van der Waals surface area contributed by atoms with Gasteiger partial charge in [0.1, 0.15) is 5.60 Å². The van der Waals surface area contributed by atoms with Crippen molar-refractivity contribution in [3.05, 3.63) is 0 Å². The fourth-order valence-corrected chi connectivity index (χ4v) is 4.02. The number of nitrogens with zero attached hydrogens (tertiary/aromatic N) is 1. The number of piperidine rings is 1. The lowest BCUT2D eigenvalue weighted by Crippen LogP contribution is -2.55. The van der Waals surface area contributed by atoms with Gasteiger partial charge in [-0.25, -0.2) is 0 Å². The molecule has 18 heavy (non-hydrogen) atoms. The molecule has 3 rings (SSSR count). The van der Waals surface area contributed by atoms with E-state index in [4.69, 9.17) is 4.74 Å². The molecular formula is C14H24N2O2. The number of fused-ring (bicyclic) bond motifs is 1. The molecule has 0 aromatic rings. The Balaban J connectivity index is 1.69. The largest absolute Gasteiger partial charge is 0.368 e. The van der Waals surface area contributed by atoms with Crippen LogP contribution in [0.5, 0.6) is 0 Å². The van der Waals surface area contributed by atoms with Crippen LogP contribution >= 0.6 is 0 Å². The SMILES string of the molecule is COC1(C(=O)N2CC3CCCC3C2)CCNCC1. The number of methoxy groups -OCH3 is 1. The summed E-state index contributed by atoms with van der Waals surface area (Å²) in [6.45, 7) is 3.73. The first-order valence-corrected chi connectivity index (χ1v) is 7.30. The summed E-state index contributed by atoms with van der Waals surface area (Å²) < 4.78 is 5.64. The lowest BCUT2D eigenvalue weighted by Gasteiger charge is -2.38. The number of likely N-dealkylation sites (tertiary alicyclic amines) is 1. The van der Waals surface area contributed by atoms with Gasteiger partial charge in [-0.2, -0.15) is 0 Å². The Labute approximate surface area is 109 Å². The molecule has 0 radical (unpaired) electrons. The highest BCUT2D eigenvalue weighted by Crippen LogP contribution is 2.39. The van der Waals surface area contributed by atoms with Crippen LogP contribution in [0.2, 0.25) is 0 Å². The number of carbonyl (C=O) groups excluding carboxylic acids is 1. The second-order valence-electron chi connectivity index (χ2n) is 6.11. The number of nitrogens with one attached hydrogen (secondary N) is 1. The number of ether oxygens (including phenoxy) is 1. The van der Waals surface area contributed by atoms with Crippen molar-refractivity contribution in [2.75, 3.05) is 33.3 Å². The lowest BCUT2D eigenvalue weighted by atomic mass is 9.90. The molecule has 2 heterocycles. The van der Waals surface area contributed by atoms with Crippen LogP contribution in [0.3, 0.4) is 0 Å². The first-order valence-electron chi connectivity index (χ1n) is 7.30. The van der Waals surface area contributed by atoms with Crippen LogP contribution in [-0.2, 0) is 9.53 Å². The van der Waals surface area contributed by atoms with Crippen molar-refractivity contribution < 1.29 is 9.53 Å². The highest BCUT2D eigenvalue weighted by Gasteiger charge is 2.46. The minimum atomic E-state index is -0.538. The zero-order chi connectivity index (χ0) is 12.6. The average molecular weight is 252 g/mol. The molecule has 3 aliphatic rings. The van der Waals surface area contributed by atoms with Crippen LogP contribution in [0.1, 0.15) is 32.1 Å². The van der Waals surface area contributed by atoms with Crippen molar-refractivity contribution in [2.45, 2.75) is 37.7 Å². The van der Waals surface area contributed by atoms with Crippen molar-refractivity contribution in [3.8, 4) is 0 Å². The van der Waals surface area contributed by atoms with Crippen LogP contribution in [0.25, 0.3) is 0 Å². The molecule has 2 atom stereocenters. The van der Waals surface area contributed by atoms with Crippen molar-refractivity contribution >= 4 is 5.91 Å². The van der Waals surface area contributed by atoms with E-state index >= 15 is 0 Å². The number of rotatable bonds is 2. The van der Waals surface area contributed by atoms with Crippen LogP contribution in [0.4, 0.5) is 0 Å². The Morgan fingerprint density at radius 1 is 1.22 bits per heavy atom. The number of hydrogen-bond donors (Lipinski definition) is 1. The van der Waals surface area contributed by atoms with E-state index in [0.29, 0.717) is 0 Å². The third-order valence-corrected chi connectivity index (χ3v) is 5.21. The van der Waals surface area contributed by atoms with Crippen molar-refractivity contribution in [1.29, 1.82) is 0 Å². The Kier molecular flexibility index (Phi) is 3.32. The summed E-state index contributed by atoms with van der Waals surface area (Å²) in [6.07, 6.45) is 5.62. The third kappa shape index (κ3) is 1.95. The van der Waals surface area contributed by atoms with Gasteiger partial charge < -0.3 is 15.0 Å². The topological polar surface area (TPSA) is 41.6 Å². The molecule has 0 spiro atoms. The third-order valence-electron chi connectivity index (χ3n) is 5.21. The van der Waals surface area contributed by atoms with E-state index in [1.807, 2.05) is 0 Å². The second-order valence-corrected chi connectivity index (χ2v) is 6.11. The average Bonchev–Trinajstić information content (AvgIpc) is 2.99. The van der Waals surface area contributed by atoms with Crippen molar-refractivity contribution in [2.24, 2.45) is 11.8 Å². The Hall–Kier alpha value is -0.610. The summed E-state index contributed by atoms with van der Waals surface area (Å²) >= 11 is 0. The molecule has 0 bridgehead atoms. The van der Waals surface area contributed by atoms with E-state index in [0.717, 1.165) is 50.9 Å². The van der Waals surface area contributed by atoms with Gasteiger partial charge in [0.15, 0.2) is 0 Å². The molecule has 2 aliphatic heterocycles. The minimum absolute atomic E-state index is 0.251. The molecule has 4 nitrogen and oxygen atoms in total. The molecule has 3 fully saturated rings. The first kappa shape index (κ1) is 12.4. The van der Waals surface area contributed by atoms with Gasteiger partial charge in [0.2, 0.25) is 0 Å². The van der Waals surface area contributed by atoms with E-state index in [1.165, 1.54) is 19.3 Å². The van der Waals surface area contributed by atoms with Gasteiger partial charge in [0.05, 0.1) is 0 Å². The van der Waals surface area contributed by atoms with Crippen LogP contribution < -0.4 is 5.32 Å². The summed E-state index contributed by atoms with van der Waals surface area (Å²) in [5, 5.41) is 3.31. The van der Waals surface area contributed by atoms with Gasteiger partial charge >= 0.3 is 0 Å². The zero-order valence-corrected chi connectivity index (χ0v) is 11.3. The summed E-state index contributed by atoms with van der Waals surface area (Å²) in [6, 6.07) is 0. The quantitative estimate of drug-likeness (QED) is 0.797. The zero-order valence-electron chi connectivity index (χ0n) is 11.3. The van der Waals surface area contributed by atoms with Gasteiger partial charge in [0.25, 0.3) is 5.91 Å². The summed E-state index contributed by atoms with van der Waals surface area (Å²) in [5.74, 6) is 1.79. The molecule has 102 valence electrons. The molecule has 0 aromatic heterocycles. The van der Waals surface area contributed by atoms with Gasteiger partial charge in [-0.1, -0.05) is 6.42 Å². The van der Waals surface area contributed by atoms with Gasteiger partial charge in [-0.15, -0.1) is 0 Å². The highest BCUT2D eigenvalue weighted by atomic mass is 16.5. The Morgan fingerprint density at radius 3 is 2.39 bits per heavy atom. The second kappa shape index (κ2) is 4.82. The summed E-state index contributed by atoms with van der Waals surface area (Å²) in [7, 11) is 1.69. The predicted molar refractivity (Wildman–Crippen MR) is 69.3 cm³/mol. The van der Waals surface area contributed by atoms with Gasteiger partial charge in [-0.3, -0.25) is 4.79 Å². The van der Waals surface area contributed by atoms with E-state index in [9.17, 15) is 4.79 Å². The van der Waals surface area contributed by atoms with Crippen LogP contribution in [-0.4, -0.2) is 49.7 Å². The molecule has 2 saturated heterocycles. The van der Waals surface area contributed by atoms with E-state index in [1.54, 1.807) is 7.11 Å². The molecule has 1 N–H and O–H groups in total. The molecule has 0 aromatic carbocycles. The maximum atomic E-state index is 12.8. The predicted octanol–water partition coefficient (Wildman–Crippen LogP) is 1.01. The van der Waals surface area contributed by atoms with E-state index < -0.39 is 5.60 Å². The maximum Gasteiger partial charge on any atom is 0.254 e.